The number of aromatic nitrogens is 1. The van der Waals surface area contributed by atoms with Crippen molar-refractivity contribution >= 4 is 17.3 Å². The Kier molecular flexibility index (Phi) is 7.91. The molecule has 0 saturated carbocycles. The number of hydrogen-bond acceptors (Lipinski definition) is 5. The normalized spacial score (nSPS) is 18.6. The summed E-state index contributed by atoms with van der Waals surface area (Å²) in [6.45, 7) is 5.08. The smallest absolute Gasteiger partial charge is 0.377 e. The van der Waals surface area contributed by atoms with Crippen LogP contribution in [0.2, 0.25) is 0 Å². The molecule has 0 radical (unpaired) electrons. The van der Waals surface area contributed by atoms with Crippen LogP contribution < -0.4 is 10.6 Å². The molecule has 0 aromatic carbocycles. The summed E-state index contributed by atoms with van der Waals surface area (Å²) in [6.07, 6.45) is -2.11. The molecule has 25 heavy (non-hydrogen) atoms. The van der Waals surface area contributed by atoms with Gasteiger partial charge in [0, 0.05) is 25.1 Å². The van der Waals surface area contributed by atoms with Crippen molar-refractivity contribution in [3.63, 3.8) is 0 Å². The van der Waals surface area contributed by atoms with Crippen molar-refractivity contribution in [3.8, 4) is 0 Å². The molecule has 0 bridgehead atoms. The molecule has 1 atom stereocenters. The molecule has 1 aromatic rings. The maximum absolute atomic E-state index is 12.5. The van der Waals surface area contributed by atoms with E-state index < -0.39 is 11.9 Å². The van der Waals surface area contributed by atoms with Gasteiger partial charge >= 0.3 is 6.18 Å². The van der Waals surface area contributed by atoms with E-state index in [1.54, 1.807) is 0 Å². The first-order valence-corrected chi connectivity index (χ1v) is 9.10. The summed E-state index contributed by atoms with van der Waals surface area (Å²) in [6, 6.07) is 0. The molecule has 1 aliphatic rings. The van der Waals surface area contributed by atoms with Gasteiger partial charge in [-0.15, -0.1) is 11.3 Å². The van der Waals surface area contributed by atoms with E-state index in [0.717, 1.165) is 36.2 Å². The molecule has 10 heteroatoms. The first kappa shape index (κ1) is 19.9. The molecular formula is C15H23F3N4O2S. The maximum Gasteiger partial charge on any atom is 0.434 e. The Labute approximate surface area is 148 Å². The van der Waals surface area contributed by atoms with Crippen LogP contribution >= 0.6 is 11.3 Å². The highest BCUT2D eigenvalue weighted by Gasteiger charge is 2.33. The minimum absolute atomic E-state index is 0.0901. The third-order valence-corrected chi connectivity index (χ3v) is 4.26. The molecule has 1 fully saturated rings. The third kappa shape index (κ3) is 7.17. The standard InChI is InChI=1S/C15H23F3N4O2S/c1-2-19-14(20-5-7-23-9-11-4-3-6-24-11)21-8-13-22-12(10-25-13)15(16,17)18/h10-11H,2-9H2,1H3,(H2,19,20,21). The molecule has 2 N–H and O–H groups in total. The van der Waals surface area contributed by atoms with Crippen LogP contribution in [0.15, 0.2) is 10.4 Å². The largest absolute Gasteiger partial charge is 0.434 e. The predicted molar refractivity (Wildman–Crippen MR) is 89.7 cm³/mol. The Morgan fingerprint density at radius 2 is 2.32 bits per heavy atom. The number of hydrogen-bond donors (Lipinski definition) is 2. The molecule has 2 rings (SSSR count). The summed E-state index contributed by atoms with van der Waals surface area (Å²) in [4.78, 5) is 7.81. The van der Waals surface area contributed by atoms with Gasteiger partial charge in [-0.25, -0.2) is 9.98 Å². The van der Waals surface area contributed by atoms with Crippen molar-refractivity contribution in [2.45, 2.75) is 38.6 Å². The number of nitrogens with one attached hydrogen (secondary N) is 2. The van der Waals surface area contributed by atoms with Crippen LogP contribution in [0.25, 0.3) is 0 Å². The highest BCUT2D eigenvalue weighted by Crippen LogP contribution is 2.30. The van der Waals surface area contributed by atoms with Gasteiger partial charge in [-0.1, -0.05) is 0 Å². The number of ether oxygens (including phenoxy) is 2. The fourth-order valence-corrected chi connectivity index (χ4v) is 2.96. The van der Waals surface area contributed by atoms with E-state index in [-0.39, 0.29) is 12.6 Å². The van der Waals surface area contributed by atoms with Crippen molar-refractivity contribution in [1.82, 2.24) is 15.6 Å². The van der Waals surface area contributed by atoms with Crippen LogP contribution in [0.5, 0.6) is 0 Å². The van der Waals surface area contributed by atoms with E-state index in [9.17, 15) is 13.2 Å². The Morgan fingerprint density at radius 3 is 2.96 bits per heavy atom. The van der Waals surface area contributed by atoms with Crippen molar-refractivity contribution in [2.24, 2.45) is 4.99 Å². The van der Waals surface area contributed by atoms with Crippen molar-refractivity contribution in [3.05, 3.63) is 16.1 Å². The zero-order valence-electron chi connectivity index (χ0n) is 14.1. The van der Waals surface area contributed by atoms with E-state index in [1.165, 1.54) is 0 Å². The van der Waals surface area contributed by atoms with Crippen molar-refractivity contribution in [2.75, 3.05) is 32.9 Å². The van der Waals surface area contributed by atoms with Gasteiger partial charge in [-0.2, -0.15) is 13.2 Å². The number of halogens is 3. The fourth-order valence-electron chi connectivity index (χ4n) is 2.23. The fraction of sp³-hybridized carbons (Fsp3) is 0.733. The lowest BCUT2D eigenvalue weighted by molar-refractivity contribution is -0.140. The minimum Gasteiger partial charge on any atom is -0.377 e. The second kappa shape index (κ2) is 9.93. The van der Waals surface area contributed by atoms with E-state index in [4.69, 9.17) is 9.47 Å². The molecule has 1 aliphatic heterocycles. The van der Waals surface area contributed by atoms with E-state index in [2.05, 4.69) is 20.6 Å². The topological polar surface area (TPSA) is 67.8 Å². The number of nitrogens with zero attached hydrogens (tertiary/aromatic N) is 2. The molecule has 2 heterocycles. The molecule has 0 aliphatic carbocycles. The first-order valence-electron chi connectivity index (χ1n) is 8.22. The van der Waals surface area contributed by atoms with Crippen LogP contribution in [0, 0.1) is 0 Å². The lowest BCUT2D eigenvalue weighted by atomic mass is 10.2. The number of guanidine groups is 1. The average molecular weight is 380 g/mol. The highest BCUT2D eigenvalue weighted by atomic mass is 32.1. The van der Waals surface area contributed by atoms with Crippen LogP contribution in [-0.2, 0) is 22.2 Å². The quantitative estimate of drug-likeness (QED) is 0.412. The Hall–Kier alpha value is -1.39. The summed E-state index contributed by atoms with van der Waals surface area (Å²) >= 11 is 0.950. The van der Waals surface area contributed by atoms with Gasteiger partial charge in [0.2, 0.25) is 0 Å². The van der Waals surface area contributed by atoms with Gasteiger partial charge in [0.15, 0.2) is 11.7 Å². The summed E-state index contributed by atoms with van der Waals surface area (Å²) in [7, 11) is 0. The Balaban J connectivity index is 1.72. The van der Waals surface area contributed by atoms with Gasteiger partial charge < -0.3 is 20.1 Å². The van der Waals surface area contributed by atoms with Crippen LogP contribution in [0.3, 0.4) is 0 Å². The Bertz CT molecular complexity index is 545. The second-order valence-electron chi connectivity index (χ2n) is 5.46. The second-order valence-corrected chi connectivity index (χ2v) is 6.40. The van der Waals surface area contributed by atoms with E-state index in [1.807, 2.05) is 6.92 Å². The van der Waals surface area contributed by atoms with Crippen LogP contribution in [0.4, 0.5) is 13.2 Å². The zero-order valence-corrected chi connectivity index (χ0v) is 14.9. The number of aliphatic imine (C=N–C) groups is 1. The minimum atomic E-state index is -4.42. The van der Waals surface area contributed by atoms with Crippen LogP contribution in [0.1, 0.15) is 30.5 Å². The molecule has 1 saturated heterocycles. The molecule has 6 nitrogen and oxygen atoms in total. The summed E-state index contributed by atoms with van der Waals surface area (Å²) in [5, 5.41) is 7.44. The van der Waals surface area contributed by atoms with Crippen molar-refractivity contribution < 1.29 is 22.6 Å². The molecule has 142 valence electrons. The molecular weight excluding hydrogens is 357 g/mol. The van der Waals surface area contributed by atoms with Gasteiger partial charge in [-0.05, 0) is 19.8 Å². The Morgan fingerprint density at radius 1 is 1.48 bits per heavy atom. The summed E-state index contributed by atoms with van der Waals surface area (Å²) in [5.74, 6) is 0.520. The SMILES string of the molecule is CCNC(=NCc1nc(C(F)(F)F)cs1)NCCOCC1CCCO1. The van der Waals surface area contributed by atoms with Crippen molar-refractivity contribution in [1.29, 1.82) is 0 Å². The van der Waals surface area contributed by atoms with Crippen LogP contribution in [-0.4, -0.2) is 50.0 Å². The predicted octanol–water partition coefficient (Wildman–Crippen LogP) is 2.41. The molecule has 1 aromatic heterocycles. The number of rotatable bonds is 8. The number of alkyl halides is 3. The molecule has 1 unspecified atom stereocenters. The average Bonchev–Trinajstić information content (AvgIpc) is 3.23. The monoisotopic (exact) mass is 380 g/mol. The van der Waals surface area contributed by atoms with Gasteiger partial charge in [0.1, 0.15) is 5.01 Å². The van der Waals surface area contributed by atoms with E-state index in [0.29, 0.717) is 37.3 Å². The number of thiazole rings is 1. The third-order valence-electron chi connectivity index (χ3n) is 3.43. The van der Waals surface area contributed by atoms with Gasteiger partial charge in [0.05, 0.1) is 25.9 Å². The molecule has 0 spiro atoms. The lowest BCUT2D eigenvalue weighted by Crippen LogP contribution is -2.39. The molecule has 0 amide bonds. The maximum atomic E-state index is 12.5. The zero-order chi connectivity index (χ0) is 18.1. The highest BCUT2D eigenvalue weighted by molar-refractivity contribution is 7.09. The first-order chi connectivity index (χ1) is 12.0. The van der Waals surface area contributed by atoms with Gasteiger partial charge in [0.25, 0.3) is 0 Å². The summed E-state index contributed by atoms with van der Waals surface area (Å²) < 4.78 is 48.6. The summed E-state index contributed by atoms with van der Waals surface area (Å²) in [5.41, 5.74) is -0.872. The lowest BCUT2D eigenvalue weighted by Gasteiger charge is -2.13. The van der Waals surface area contributed by atoms with E-state index >= 15 is 0 Å². The van der Waals surface area contributed by atoms with Gasteiger partial charge in [-0.3, -0.25) is 0 Å².